The van der Waals surface area contributed by atoms with Crippen LogP contribution in [0.25, 0.3) is 0 Å². The molecule has 0 aliphatic carbocycles. The van der Waals surface area contributed by atoms with Crippen LogP contribution in [0.1, 0.15) is 28.2 Å². The van der Waals surface area contributed by atoms with Crippen LogP contribution in [0.3, 0.4) is 0 Å². The highest BCUT2D eigenvalue weighted by atomic mass is 32.2. The van der Waals surface area contributed by atoms with Gasteiger partial charge >= 0.3 is 0 Å². The molecule has 1 fully saturated rings. The number of aryl methyl sites for hydroxylation is 2. The molecule has 9 heteroatoms. The fourth-order valence-electron chi connectivity index (χ4n) is 2.95. The topological polar surface area (TPSA) is 105 Å². The zero-order valence-electron chi connectivity index (χ0n) is 14.8. The molecule has 3 rings (SSSR count). The van der Waals surface area contributed by atoms with Crippen LogP contribution in [0.4, 0.5) is 0 Å². The molecule has 2 aromatic rings. The van der Waals surface area contributed by atoms with E-state index in [0.717, 1.165) is 24.4 Å². The van der Waals surface area contributed by atoms with Gasteiger partial charge in [0.05, 0.1) is 22.8 Å². The van der Waals surface area contributed by atoms with Crippen LogP contribution in [0, 0.1) is 6.92 Å². The summed E-state index contributed by atoms with van der Waals surface area (Å²) in [6, 6.07) is 7.83. The Hall–Kier alpha value is -2.23. The second kappa shape index (κ2) is 7.56. The minimum atomic E-state index is -3.65. The van der Waals surface area contributed by atoms with Crippen LogP contribution in [0.15, 0.2) is 35.2 Å². The summed E-state index contributed by atoms with van der Waals surface area (Å²) in [6.07, 6.45) is 0.753. The van der Waals surface area contributed by atoms with Crippen LogP contribution in [0.2, 0.25) is 0 Å². The van der Waals surface area contributed by atoms with Gasteiger partial charge in [0.25, 0.3) is 5.91 Å². The van der Waals surface area contributed by atoms with E-state index in [9.17, 15) is 13.2 Å². The van der Waals surface area contributed by atoms with Crippen molar-refractivity contribution in [3.8, 4) is 0 Å². The van der Waals surface area contributed by atoms with Crippen LogP contribution < -0.4 is 15.4 Å². The van der Waals surface area contributed by atoms with Gasteiger partial charge in [-0.2, -0.15) is 5.10 Å². The van der Waals surface area contributed by atoms with Gasteiger partial charge in [0.15, 0.2) is 0 Å². The molecule has 1 aromatic heterocycles. The summed E-state index contributed by atoms with van der Waals surface area (Å²) in [6.45, 7) is 3.61. The van der Waals surface area contributed by atoms with Crippen LogP contribution >= 0.6 is 0 Å². The Morgan fingerprint density at radius 2 is 2.19 bits per heavy atom. The van der Waals surface area contributed by atoms with Crippen molar-refractivity contribution in [1.29, 1.82) is 0 Å². The minimum Gasteiger partial charge on any atom is -0.346 e. The van der Waals surface area contributed by atoms with Crippen LogP contribution in [0.5, 0.6) is 0 Å². The smallest absolute Gasteiger partial charge is 0.251 e. The molecule has 26 heavy (non-hydrogen) atoms. The maximum atomic E-state index is 12.5. The van der Waals surface area contributed by atoms with Gasteiger partial charge in [-0.1, -0.05) is 6.07 Å². The van der Waals surface area contributed by atoms with Gasteiger partial charge in [-0.25, -0.2) is 13.1 Å². The quantitative estimate of drug-likeness (QED) is 0.671. The lowest BCUT2D eigenvalue weighted by atomic mass is 10.2. The first-order valence-electron chi connectivity index (χ1n) is 8.46. The molecule has 0 unspecified atom stereocenters. The number of sulfonamides is 1. The molecule has 1 aromatic carbocycles. The number of hydrogen-bond donors (Lipinski definition) is 3. The second-order valence-electron chi connectivity index (χ2n) is 6.42. The van der Waals surface area contributed by atoms with Crippen LogP contribution in [-0.2, 0) is 23.6 Å². The first-order valence-corrected chi connectivity index (χ1v) is 9.94. The van der Waals surface area contributed by atoms with Crippen molar-refractivity contribution in [2.24, 2.45) is 7.05 Å². The number of carbonyl (C=O) groups excluding carboxylic acids is 1. The summed E-state index contributed by atoms with van der Waals surface area (Å²) in [4.78, 5) is 12.5. The van der Waals surface area contributed by atoms with Crippen LogP contribution in [-0.4, -0.2) is 43.2 Å². The van der Waals surface area contributed by atoms with Gasteiger partial charge in [-0.3, -0.25) is 9.48 Å². The highest BCUT2D eigenvalue weighted by molar-refractivity contribution is 7.89. The Kier molecular flexibility index (Phi) is 5.40. The Morgan fingerprint density at radius 1 is 1.38 bits per heavy atom. The Morgan fingerprint density at radius 3 is 2.85 bits per heavy atom. The number of amides is 1. The number of carbonyl (C=O) groups is 1. The van der Waals surface area contributed by atoms with Gasteiger partial charge in [0.2, 0.25) is 10.0 Å². The number of nitrogens with one attached hydrogen (secondary N) is 3. The predicted molar refractivity (Wildman–Crippen MR) is 97.2 cm³/mol. The summed E-state index contributed by atoms with van der Waals surface area (Å²) in [7, 11) is -1.84. The van der Waals surface area contributed by atoms with E-state index in [4.69, 9.17) is 0 Å². The van der Waals surface area contributed by atoms with E-state index in [1.54, 1.807) is 16.8 Å². The van der Waals surface area contributed by atoms with E-state index >= 15 is 0 Å². The molecule has 2 heterocycles. The van der Waals surface area contributed by atoms with Crippen molar-refractivity contribution in [1.82, 2.24) is 25.1 Å². The maximum Gasteiger partial charge on any atom is 0.251 e. The van der Waals surface area contributed by atoms with Gasteiger partial charge in [0.1, 0.15) is 0 Å². The van der Waals surface area contributed by atoms with Crippen molar-refractivity contribution in [2.45, 2.75) is 30.8 Å². The molecular weight excluding hydrogens is 354 g/mol. The molecule has 3 N–H and O–H groups in total. The lowest BCUT2D eigenvalue weighted by Crippen LogP contribution is -2.36. The summed E-state index contributed by atoms with van der Waals surface area (Å²) in [5, 5.41) is 10.1. The normalized spacial score (nSPS) is 17.4. The number of rotatable bonds is 6. The first-order chi connectivity index (χ1) is 12.3. The summed E-state index contributed by atoms with van der Waals surface area (Å²) < 4.78 is 29.4. The summed E-state index contributed by atoms with van der Waals surface area (Å²) in [5.41, 5.74) is 2.05. The van der Waals surface area contributed by atoms with E-state index in [0.29, 0.717) is 18.7 Å². The third-order valence-corrected chi connectivity index (χ3v) is 5.84. The molecule has 1 aliphatic rings. The molecule has 0 saturated carbocycles. The zero-order valence-corrected chi connectivity index (χ0v) is 15.6. The first kappa shape index (κ1) is 18.6. The standard InChI is InChI=1S/C17H23N5O3S/c1-12-8-15(22(2)20-12)11-19-17(23)13-4-3-5-16(9-13)26(24,25)21-14-6-7-18-10-14/h3-5,8-9,14,18,21H,6-7,10-11H2,1-2H3,(H,19,23)/t14-/m1/s1. The van der Waals surface area contributed by atoms with Gasteiger partial charge in [0, 0.05) is 25.2 Å². The fourth-order valence-corrected chi connectivity index (χ4v) is 4.27. The molecule has 1 saturated heterocycles. The molecule has 8 nitrogen and oxygen atoms in total. The summed E-state index contributed by atoms with van der Waals surface area (Å²) in [5.74, 6) is -0.330. The fraction of sp³-hybridized carbons (Fsp3) is 0.412. The largest absolute Gasteiger partial charge is 0.346 e. The van der Waals surface area contributed by atoms with Crippen molar-refractivity contribution in [2.75, 3.05) is 13.1 Å². The van der Waals surface area contributed by atoms with E-state index < -0.39 is 10.0 Å². The highest BCUT2D eigenvalue weighted by Crippen LogP contribution is 2.14. The molecule has 0 spiro atoms. The predicted octanol–water partition coefficient (Wildman–Crippen LogP) is 0.299. The maximum absolute atomic E-state index is 12.5. The van der Waals surface area contributed by atoms with Crippen molar-refractivity contribution >= 4 is 15.9 Å². The Balaban J connectivity index is 1.69. The monoisotopic (exact) mass is 377 g/mol. The Labute approximate surface area is 153 Å². The van der Waals surface area contributed by atoms with E-state index in [1.807, 2.05) is 20.0 Å². The van der Waals surface area contributed by atoms with E-state index in [-0.39, 0.29) is 16.8 Å². The molecule has 0 radical (unpaired) electrons. The minimum absolute atomic E-state index is 0.0911. The number of nitrogens with zero attached hydrogens (tertiary/aromatic N) is 2. The SMILES string of the molecule is Cc1cc(CNC(=O)c2cccc(S(=O)(=O)N[C@@H]3CCNC3)c2)n(C)n1. The van der Waals surface area contributed by atoms with Gasteiger partial charge < -0.3 is 10.6 Å². The average Bonchev–Trinajstić information content (AvgIpc) is 3.21. The zero-order chi connectivity index (χ0) is 18.7. The lowest BCUT2D eigenvalue weighted by Gasteiger charge is -2.13. The Bertz CT molecular complexity index is 901. The molecule has 1 amide bonds. The third-order valence-electron chi connectivity index (χ3n) is 4.32. The van der Waals surface area contributed by atoms with Gasteiger partial charge in [-0.05, 0) is 44.2 Å². The second-order valence-corrected chi connectivity index (χ2v) is 8.14. The van der Waals surface area contributed by atoms with E-state index in [2.05, 4.69) is 20.5 Å². The highest BCUT2D eigenvalue weighted by Gasteiger charge is 2.23. The van der Waals surface area contributed by atoms with Crippen molar-refractivity contribution in [3.63, 3.8) is 0 Å². The lowest BCUT2D eigenvalue weighted by molar-refractivity contribution is 0.0950. The molecule has 1 atom stereocenters. The molecule has 1 aliphatic heterocycles. The third kappa shape index (κ3) is 4.29. The van der Waals surface area contributed by atoms with Crippen molar-refractivity contribution < 1.29 is 13.2 Å². The average molecular weight is 377 g/mol. The number of hydrogen-bond acceptors (Lipinski definition) is 5. The number of aromatic nitrogens is 2. The molecular formula is C17H23N5O3S. The number of benzene rings is 1. The molecule has 0 bridgehead atoms. The molecule has 140 valence electrons. The van der Waals surface area contributed by atoms with E-state index in [1.165, 1.54) is 12.1 Å². The van der Waals surface area contributed by atoms with Crippen molar-refractivity contribution in [3.05, 3.63) is 47.3 Å². The summed E-state index contributed by atoms with van der Waals surface area (Å²) >= 11 is 0. The van der Waals surface area contributed by atoms with Gasteiger partial charge in [-0.15, -0.1) is 0 Å².